The van der Waals surface area contributed by atoms with Crippen LogP contribution in [0.2, 0.25) is 0 Å². The molecule has 0 bridgehead atoms. The molecule has 1 saturated heterocycles. The molecular weight excluding hydrogens is 252 g/mol. The molecule has 1 aliphatic heterocycles. The summed E-state index contributed by atoms with van der Waals surface area (Å²) in [5, 5.41) is 0. The van der Waals surface area contributed by atoms with Gasteiger partial charge in [-0.25, -0.2) is 9.97 Å². The van der Waals surface area contributed by atoms with E-state index in [1.54, 1.807) is 6.07 Å². The maximum Gasteiger partial charge on any atom is 0.272 e. The van der Waals surface area contributed by atoms with Crippen LogP contribution < -0.4 is 5.73 Å². The Morgan fingerprint density at radius 2 is 2.10 bits per heavy atom. The molecule has 1 amide bonds. The van der Waals surface area contributed by atoms with Crippen LogP contribution in [0.1, 0.15) is 56.4 Å². The minimum atomic E-state index is -0.0275. The summed E-state index contributed by atoms with van der Waals surface area (Å²) < 4.78 is 0. The van der Waals surface area contributed by atoms with E-state index in [2.05, 4.69) is 23.8 Å². The van der Waals surface area contributed by atoms with Crippen LogP contribution in [0.25, 0.3) is 0 Å². The molecule has 0 radical (unpaired) electrons. The van der Waals surface area contributed by atoms with Crippen LogP contribution in [-0.2, 0) is 0 Å². The van der Waals surface area contributed by atoms with Gasteiger partial charge in [-0.3, -0.25) is 4.79 Å². The van der Waals surface area contributed by atoms with Gasteiger partial charge in [0, 0.05) is 19.3 Å². The first-order valence-electron chi connectivity index (χ1n) is 7.48. The Morgan fingerprint density at radius 3 is 2.65 bits per heavy atom. The number of rotatable bonds is 4. The predicted molar refractivity (Wildman–Crippen MR) is 79.2 cm³/mol. The van der Waals surface area contributed by atoms with Crippen molar-refractivity contribution in [2.75, 3.05) is 18.8 Å². The lowest BCUT2D eigenvalue weighted by molar-refractivity contribution is 0.0539. The van der Waals surface area contributed by atoms with E-state index in [0.29, 0.717) is 11.1 Å². The van der Waals surface area contributed by atoms with E-state index in [9.17, 15) is 4.79 Å². The maximum atomic E-state index is 12.4. The molecular formula is C15H24N4O. The highest BCUT2D eigenvalue weighted by molar-refractivity contribution is 5.92. The first-order valence-corrected chi connectivity index (χ1v) is 7.48. The van der Waals surface area contributed by atoms with Crippen LogP contribution in [0.4, 0.5) is 5.95 Å². The molecule has 1 aromatic rings. The fourth-order valence-electron chi connectivity index (χ4n) is 3.15. The van der Waals surface area contributed by atoms with Gasteiger partial charge in [-0.2, -0.15) is 0 Å². The van der Waals surface area contributed by atoms with Crippen LogP contribution in [0.15, 0.2) is 12.3 Å². The van der Waals surface area contributed by atoms with Gasteiger partial charge in [-0.15, -0.1) is 0 Å². The van der Waals surface area contributed by atoms with Crippen molar-refractivity contribution in [1.29, 1.82) is 0 Å². The van der Waals surface area contributed by atoms with Gasteiger partial charge in [0.25, 0.3) is 5.91 Å². The second-order valence-electron chi connectivity index (χ2n) is 5.70. The fourth-order valence-corrected chi connectivity index (χ4v) is 3.15. The van der Waals surface area contributed by atoms with E-state index in [4.69, 9.17) is 5.73 Å². The monoisotopic (exact) mass is 276 g/mol. The largest absolute Gasteiger partial charge is 0.368 e. The average molecular weight is 276 g/mol. The lowest BCUT2D eigenvalue weighted by atomic mass is 9.73. The third kappa shape index (κ3) is 3.08. The number of likely N-dealkylation sites (tertiary alicyclic amines) is 1. The average Bonchev–Trinajstić information content (AvgIpc) is 2.47. The molecule has 1 aliphatic rings. The van der Waals surface area contributed by atoms with Crippen LogP contribution in [0.5, 0.6) is 0 Å². The van der Waals surface area contributed by atoms with Gasteiger partial charge in [-0.1, -0.05) is 26.7 Å². The first-order chi connectivity index (χ1) is 9.60. The third-order valence-corrected chi connectivity index (χ3v) is 4.53. The van der Waals surface area contributed by atoms with Crippen molar-refractivity contribution in [3.63, 3.8) is 0 Å². The second kappa shape index (κ2) is 6.20. The normalized spacial score (nSPS) is 18.0. The van der Waals surface area contributed by atoms with Crippen molar-refractivity contribution in [1.82, 2.24) is 14.9 Å². The topological polar surface area (TPSA) is 72.1 Å². The number of carbonyl (C=O) groups excluding carboxylic acids is 1. The third-order valence-electron chi connectivity index (χ3n) is 4.53. The SMILES string of the molecule is CCCC1(CC)CCN(C(=O)c2ccnc(N)n2)CC1. The molecule has 20 heavy (non-hydrogen) atoms. The van der Waals surface area contributed by atoms with Crippen molar-refractivity contribution >= 4 is 11.9 Å². The molecule has 0 aromatic carbocycles. The van der Waals surface area contributed by atoms with Crippen LogP contribution in [0.3, 0.4) is 0 Å². The van der Waals surface area contributed by atoms with Crippen molar-refractivity contribution in [2.24, 2.45) is 5.41 Å². The minimum absolute atomic E-state index is 0.0275. The summed E-state index contributed by atoms with van der Waals surface area (Å²) in [5.41, 5.74) is 6.36. The number of hydrogen-bond donors (Lipinski definition) is 1. The molecule has 0 spiro atoms. The molecule has 1 fully saturated rings. The molecule has 5 nitrogen and oxygen atoms in total. The van der Waals surface area contributed by atoms with Gasteiger partial charge < -0.3 is 10.6 Å². The summed E-state index contributed by atoms with van der Waals surface area (Å²) in [5.74, 6) is 0.127. The Hall–Kier alpha value is -1.65. The van der Waals surface area contributed by atoms with E-state index < -0.39 is 0 Å². The zero-order chi connectivity index (χ0) is 14.6. The van der Waals surface area contributed by atoms with Crippen molar-refractivity contribution < 1.29 is 4.79 Å². The Labute approximate surface area is 120 Å². The smallest absolute Gasteiger partial charge is 0.272 e. The quantitative estimate of drug-likeness (QED) is 0.917. The van der Waals surface area contributed by atoms with Crippen LogP contribution in [0, 0.1) is 5.41 Å². The molecule has 0 atom stereocenters. The van der Waals surface area contributed by atoms with Gasteiger partial charge in [0.2, 0.25) is 5.95 Å². The Balaban J connectivity index is 2.01. The van der Waals surface area contributed by atoms with E-state index in [1.165, 1.54) is 25.5 Å². The summed E-state index contributed by atoms with van der Waals surface area (Å²) in [6, 6.07) is 1.63. The van der Waals surface area contributed by atoms with E-state index in [-0.39, 0.29) is 11.9 Å². The molecule has 5 heteroatoms. The van der Waals surface area contributed by atoms with E-state index in [0.717, 1.165) is 25.9 Å². The van der Waals surface area contributed by atoms with Gasteiger partial charge in [0.15, 0.2) is 0 Å². The number of anilines is 1. The number of nitrogens with zero attached hydrogens (tertiary/aromatic N) is 3. The number of nitrogen functional groups attached to an aromatic ring is 1. The van der Waals surface area contributed by atoms with Gasteiger partial charge >= 0.3 is 0 Å². The number of piperidine rings is 1. The molecule has 2 heterocycles. The highest BCUT2D eigenvalue weighted by Gasteiger charge is 2.34. The zero-order valence-electron chi connectivity index (χ0n) is 12.4. The number of nitrogens with two attached hydrogens (primary N) is 1. The highest BCUT2D eigenvalue weighted by atomic mass is 16.2. The zero-order valence-corrected chi connectivity index (χ0v) is 12.4. The second-order valence-corrected chi connectivity index (χ2v) is 5.70. The summed E-state index contributed by atoms with van der Waals surface area (Å²) >= 11 is 0. The lowest BCUT2D eigenvalue weighted by Gasteiger charge is -2.41. The number of hydrogen-bond acceptors (Lipinski definition) is 4. The number of carbonyl (C=O) groups is 1. The molecule has 0 unspecified atom stereocenters. The Kier molecular flexibility index (Phi) is 4.57. The number of amides is 1. The molecule has 2 N–H and O–H groups in total. The Bertz CT molecular complexity index is 467. The lowest BCUT2D eigenvalue weighted by Crippen LogP contribution is -2.43. The fraction of sp³-hybridized carbons (Fsp3) is 0.667. The van der Waals surface area contributed by atoms with E-state index in [1.807, 2.05) is 4.90 Å². The highest BCUT2D eigenvalue weighted by Crippen LogP contribution is 2.39. The molecule has 1 aromatic heterocycles. The van der Waals surface area contributed by atoms with Gasteiger partial charge in [-0.05, 0) is 30.7 Å². The first kappa shape index (κ1) is 14.8. The summed E-state index contributed by atoms with van der Waals surface area (Å²) in [6.07, 6.45) is 7.37. The molecule has 0 aliphatic carbocycles. The van der Waals surface area contributed by atoms with Gasteiger partial charge in [0.1, 0.15) is 5.69 Å². The van der Waals surface area contributed by atoms with Crippen molar-refractivity contribution in [2.45, 2.75) is 46.0 Å². The van der Waals surface area contributed by atoms with Crippen LogP contribution in [-0.4, -0.2) is 33.9 Å². The van der Waals surface area contributed by atoms with Crippen molar-refractivity contribution in [3.05, 3.63) is 18.0 Å². The van der Waals surface area contributed by atoms with Crippen molar-refractivity contribution in [3.8, 4) is 0 Å². The van der Waals surface area contributed by atoms with E-state index >= 15 is 0 Å². The van der Waals surface area contributed by atoms with Gasteiger partial charge in [0.05, 0.1) is 0 Å². The summed E-state index contributed by atoms with van der Waals surface area (Å²) in [7, 11) is 0. The Morgan fingerprint density at radius 1 is 1.40 bits per heavy atom. The molecule has 0 saturated carbocycles. The maximum absolute atomic E-state index is 12.4. The predicted octanol–water partition coefficient (Wildman–Crippen LogP) is 2.49. The number of aromatic nitrogens is 2. The molecule has 110 valence electrons. The summed E-state index contributed by atoms with van der Waals surface area (Å²) in [6.45, 7) is 6.13. The minimum Gasteiger partial charge on any atom is -0.368 e. The summed E-state index contributed by atoms with van der Waals surface area (Å²) in [4.78, 5) is 22.1. The standard InChI is InChI=1S/C15H24N4O/c1-3-6-15(4-2)7-10-19(11-8-15)13(20)12-5-9-17-14(16)18-12/h5,9H,3-4,6-8,10-11H2,1-2H3,(H2,16,17,18). The van der Waals surface area contributed by atoms with Crippen LogP contribution >= 0.6 is 0 Å². The molecule has 2 rings (SSSR count).